The second-order valence-corrected chi connectivity index (χ2v) is 6.62. The van der Waals surface area contributed by atoms with E-state index in [1.165, 1.54) is 24.3 Å². The monoisotopic (exact) mass is 394 g/mol. The molecule has 29 heavy (non-hydrogen) atoms. The minimum absolute atomic E-state index is 0.262. The number of aromatic nitrogens is 4. The molecule has 0 amide bonds. The molecule has 0 aliphatic rings. The highest BCUT2D eigenvalue weighted by Gasteiger charge is 2.11. The van der Waals surface area contributed by atoms with Gasteiger partial charge >= 0.3 is 0 Å². The second-order valence-electron chi connectivity index (χ2n) is 6.62. The van der Waals surface area contributed by atoms with Crippen LogP contribution in [0.1, 0.15) is 18.2 Å². The molecule has 0 aliphatic heterocycles. The summed E-state index contributed by atoms with van der Waals surface area (Å²) >= 11 is 0. The van der Waals surface area contributed by atoms with Crippen molar-refractivity contribution in [3.63, 3.8) is 0 Å². The van der Waals surface area contributed by atoms with Crippen molar-refractivity contribution in [1.29, 1.82) is 0 Å². The van der Waals surface area contributed by atoms with Gasteiger partial charge in [0.25, 0.3) is 0 Å². The Morgan fingerprint density at radius 3 is 2.52 bits per heavy atom. The number of hydrogen-bond donors (Lipinski definition) is 3. The molecule has 0 bridgehead atoms. The van der Waals surface area contributed by atoms with E-state index in [1.807, 2.05) is 13.0 Å². The molecule has 0 saturated heterocycles. The van der Waals surface area contributed by atoms with Crippen LogP contribution >= 0.6 is 0 Å². The maximum Gasteiger partial charge on any atom is 0.225 e. The van der Waals surface area contributed by atoms with Gasteiger partial charge in [-0.2, -0.15) is 10.1 Å². The standard InChI is InChI=1S/C21H20F2N6/c1-2-16-12-19(29-28-16)26-20-17-8-7-15(23)11-18(17)25-21(27-20)24-10-9-13-3-5-14(22)6-4-13/h3-8,11-12H,2,9-10H2,1H3,(H3,24,25,26,27,28,29). The summed E-state index contributed by atoms with van der Waals surface area (Å²) in [5.74, 6) is 0.908. The highest BCUT2D eigenvalue weighted by atomic mass is 19.1. The predicted octanol–water partition coefficient (Wildman–Crippen LogP) is 4.59. The Morgan fingerprint density at radius 1 is 0.966 bits per heavy atom. The minimum atomic E-state index is -0.368. The number of fused-ring (bicyclic) bond motifs is 1. The first-order valence-electron chi connectivity index (χ1n) is 9.37. The Morgan fingerprint density at radius 2 is 1.76 bits per heavy atom. The third-order valence-corrected chi connectivity index (χ3v) is 4.53. The number of rotatable bonds is 7. The molecular weight excluding hydrogens is 374 g/mol. The van der Waals surface area contributed by atoms with E-state index < -0.39 is 0 Å². The van der Waals surface area contributed by atoms with E-state index in [4.69, 9.17) is 0 Å². The van der Waals surface area contributed by atoms with Gasteiger partial charge in [-0.1, -0.05) is 19.1 Å². The Balaban J connectivity index is 1.57. The zero-order chi connectivity index (χ0) is 20.2. The number of benzene rings is 2. The molecule has 2 aromatic carbocycles. The Bertz CT molecular complexity index is 1120. The van der Waals surface area contributed by atoms with Gasteiger partial charge in [0.1, 0.15) is 17.5 Å². The van der Waals surface area contributed by atoms with Crippen LogP contribution in [0.4, 0.5) is 26.4 Å². The second kappa shape index (κ2) is 8.22. The van der Waals surface area contributed by atoms with E-state index in [1.54, 1.807) is 18.2 Å². The van der Waals surface area contributed by atoms with Crippen LogP contribution in [-0.2, 0) is 12.8 Å². The topological polar surface area (TPSA) is 78.5 Å². The molecule has 2 aromatic heterocycles. The van der Waals surface area contributed by atoms with Crippen LogP contribution in [0, 0.1) is 11.6 Å². The Labute approximate surface area is 166 Å². The van der Waals surface area contributed by atoms with Gasteiger partial charge in [-0.3, -0.25) is 5.10 Å². The maximum atomic E-state index is 13.7. The lowest BCUT2D eigenvalue weighted by Gasteiger charge is -2.11. The molecule has 0 aliphatic carbocycles. The SMILES string of the molecule is CCc1cc(Nc2nc(NCCc3ccc(F)cc3)nc3cc(F)ccc23)n[nH]1. The van der Waals surface area contributed by atoms with Crippen molar-refractivity contribution in [3.8, 4) is 0 Å². The number of anilines is 3. The van der Waals surface area contributed by atoms with E-state index in [0.717, 1.165) is 17.7 Å². The number of H-pyrrole nitrogens is 1. The molecule has 4 rings (SSSR count). The molecule has 148 valence electrons. The van der Waals surface area contributed by atoms with Gasteiger partial charge in [0, 0.05) is 29.8 Å². The van der Waals surface area contributed by atoms with Crippen molar-refractivity contribution in [2.24, 2.45) is 0 Å². The van der Waals surface area contributed by atoms with Crippen LogP contribution in [0.3, 0.4) is 0 Å². The molecule has 4 aromatic rings. The molecule has 0 unspecified atom stereocenters. The minimum Gasteiger partial charge on any atom is -0.354 e. The van der Waals surface area contributed by atoms with Crippen molar-refractivity contribution in [1.82, 2.24) is 20.2 Å². The lowest BCUT2D eigenvalue weighted by atomic mass is 10.1. The third kappa shape index (κ3) is 4.48. The molecule has 0 atom stereocenters. The zero-order valence-electron chi connectivity index (χ0n) is 15.8. The fourth-order valence-corrected chi connectivity index (χ4v) is 2.97. The number of hydrogen-bond acceptors (Lipinski definition) is 5. The highest BCUT2D eigenvalue weighted by molar-refractivity contribution is 5.91. The molecule has 8 heteroatoms. The van der Waals surface area contributed by atoms with Crippen molar-refractivity contribution in [2.45, 2.75) is 19.8 Å². The lowest BCUT2D eigenvalue weighted by Crippen LogP contribution is -2.09. The van der Waals surface area contributed by atoms with E-state index in [0.29, 0.717) is 41.5 Å². The number of nitrogens with zero attached hydrogens (tertiary/aromatic N) is 3. The summed E-state index contributed by atoms with van der Waals surface area (Å²) in [4.78, 5) is 8.95. The maximum absolute atomic E-state index is 13.7. The fourth-order valence-electron chi connectivity index (χ4n) is 2.97. The van der Waals surface area contributed by atoms with Gasteiger partial charge < -0.3 is 10.6 Å². The van der Waals surface area contributed by atoms with E-state index in [-0.39, 0.29) is 11.6 Å². The Kier molecular flexibility index (Phi) is 5.33. The summed E-state index contributed by atoms with van der Waals surface area (Å²) in [5.41, 5.74) is 2.47. The molecule has 0 spiro atoms. The predicted molar refractivity (Wildman–Crippen MR) is 109 cm³/mol. The summed E-state index contributed by atoms with van der Waals surface area (Å²) in [5, 5.41) is 14.2. The molecule has 0 saturated carbocycles. The summed E-state index contributed by atoms with van der Waals surface area (Å²) in [6.45, 7) is 2.58. The molecule has 3 N–H and O–H groups in total. The third-order valence-electron chi connectivity index (χ3n) is 4.53. The zero-order valence-corrected chi connectivity index (χ0v) is 15.8. The van der Waals surface area contributed by atoms with Crippen LogP contribution in [-0.4, -0.2) is 26.7 Å². The lowest BCUT2D eigenvalue weighted by molar-refractivity contribution is 0.627. The first-order valence-corrected chi connectivity index (χ1v) is 9.37. The molecular formula is C21H20F2N6. The highest BCUT2D eigenvalue weighted by Crippen LogP contribution is 2.25. The van der Waals surface area contributed by atoms with Crippen molar-refractivity contribution >= 4 is 28.5 Å². The van der Waals surface area contributed by atoms with Crippen LogP contribution in [0.5, 0.6) is 0 Å². The summed E-state index contributed by atoms with van der Waals surface area (Å²) in [6, 6.07) is 12.6. The number of aromatic amines is 1. The van der Waals surface area contributed by atoms with Gasteiger partial charge in [0.05, 0.1) is 5.52 Å². The van der Waals surface area contributed by atoms with E-state index in [9.17, 15) is 8.78 Å². The van der Waals surface area contributed by atoms with Gasteiger partial charge in [-0.15, -0.1) is 0 Å². The number of aryl methyl sites for hydroxylation is 1. The van der Waals surface area contributed by atoms with E-state index >= 15 is 0 Å². The van der Waals surface area contributed by atoms with Gasteiger partial charge in [0.2, 0.25) is 5.95 Å². The average Bonchev–Trinajstić information content (AvgIpc) is 3.17. The number of nitrogens with one attached hydrogen (secondary N) is 3. The van der Waals surface area contributed by atoms with E-state index in [2.05, 4.69) is 30.8 Å². The summed E-state index contributed by atoms with van der Waals surface area (Å²) in [6.07, 6.45) is 1.51. The van der Waals surface area contributed by atoms with Crippen LogP contribution < -0.4 is 10.6 Å². The van der Waals surface area contributed by atoms with Gasteiger partial charge in [-0.05, 0) is 42.7 Å². The normalized spacial score (nSPS) is 11.0. The van der Waals surface area contributed by atoms with Gasteiger partial charge in [0.15, 0.2) is 5.82 Å². The first-order chi connectivity index (χ1) is 14.1. The smallest absolute Gasteiger partial charge is 0.225 e. The quantitative estimate of drug-likeness (QED) is 0.427. The first kappa shape index (κ1) is 18.8. The van der Waals surface area contributed by atoms with Crippen molar-refractivity contribution < 1.29 is 8.78 Å². The molecule has 0 radical (unpaired) electrons. The molecule has 0 fully saturated rings. The van der Waals surface area contributed by atoms with Crippen molar-refractivity contribution in [2.75, 3.05) is 17.2 Å². The average molecular weight is 394 g/mol. The Hall–Kier alpha value is -3.55. The summed E-state index contributed by atoms with van der Waals surface area (Å²) in [7, 11) is 0. The molecule has 2 heterocycles. The van der Waals surface area contributed by atoms with Crippen LogP contribution in [0.15, 0.2) is 48.5 Å². The number of halogens is 2. The van der Waals surface area contributed by atoms with Crippen LogP contribution in [0.2, 0.25) is 0 Å². The van der Waals surface area contributed by atoms with Crippen LogP contribution in [0.25, 0.3) is 10.9 Å². The summed E-state index contributed by atoms with van der Waals surface area (Å²) < 4.78 is 26.8. The fraction of sp³-hybridized carbons (Fsp3) is 0.190. The largest absolute Gasteiger partial charge is 0.354 e. The molecule has 6 nitrogen and oxygen atoms in total. The van der Waals surface area contributed by atoms with Crippen molar-refractivity contribution in [3.05, 3.63) is 71.4 Å². The van der Waals surface area contributed by atoms with Gasteiger partial charge in [-0.25, -0.2) is 13.8 Å².